The van der Waals surface area contributed by atoms with Gasteiger partial charge in [-0.15, -0.1) is 0 Å². The van der Waals surface area contributed by atoms with E-state index in [1.54, 1.807) is 91.0 Å². The summed E-state index contributed by atoms with van der Waals surface area (Å²) >= 11 is 0. The van der Waals surface area contributed by atoms with Crippen LogP contribution in [-0.4, -0.2) is 135 Å². The third-order valence-electron chi connectivity index (χ3n) is 24.5. The van der Waals surface area contributed by atoms with Gasteiger partial charge in [-0.2, -0.15) is 20.4 Å². The monoisotopic (exact) mass is 1840 g/mol. The number of amides is 1. The second-order valence-corrected chi connectivity index (χ2v) is 34.2. The summed E-state index contributed by atoms with van der Waals surface area (Å²) in [5.41, 5.74) is 40.8. The first kappa shape index (κ1) is 86.0. The van der Waals surface area contributed by atoms with Gasteiger partial charge in [0.2, 0.25) is 5.91 Å². The predicted octanol–water partition coefficient (Wildman–Crippen LogP) is 23.8. The van der Waals surface area contributed by atoms with Crippen LogP contribution in [0.25, 0.3) is 223 Å². The van der Waals surface area contributed by atoms with E-state index in [0.29, 0.717) is 98.3 Å². The Labute approximate surface area is 786 Å². The summed E-state index contributed by atoms with van der Waals surface area (Å²) in [4.78, 5) is 68.1. The highest BCUT2D eigenvalue weighted by Crippen LogP contribution is 2.42. The van der Waals surface area contributed by atoms with Crippen LogP contribution in [0, 0.1) is 23.4 Å². The number of H-pyrrole nitrogens is 8. The molecule has 0 unspecified atom stereocenters. The fourth-order valence-corrected chi connectivity index (χ4v) is 17.6. The molecule has 678 valence electrons. The number of anilines is 3. The second-order valence-electron chi connectivity index (χ2n) is 34.2. The van der Waals surface area contributed by atoms with Gasteiger partial charge < -0.3 is 36.7 Å². The molecule has 25 rings (SSSR count). The third-order valence-corrected chi connectivity index (χ3v) is 24.5. The quantitative estimate of drug-likeness (QED) is 0.0400. The topological polar surface area (TPSA) is 378 Å². The Morgan fingerprint density at radius 3 is 1.16 bits per heavy atom. The van der Waals surface area contributed by atoms with Crippen molar-refractivity contribution in [3.8, 4) is 135 Å². The van der Waals surface area contributed by atoms with Crippen molar-refractivity contribution in [2.75, 3.05) is 29.9 Å². The van der Waals surface area contributed by atoms with Gasteiger partial charge in [-0.25, -0.2) is 41.9 Å². The van der Waals surface area contributed by atoms with Gasteiger partial charge in [-0.1, -0.05) is 141 Å². The second kappa shape index (κ2) is 36.2. The molecular weight excluding hydrogens is 1760 g/mol. The van der Waals surface area contributed by atoms with E-state index in [9.17, 15) is 26.7 Å². The molecule has 0 atom stereocenters. The van der Waals surface area contributed by atoms with Crippen molar-refractivity contribution >= 4 is 111 Å². The van der Waals surface area contributed by atoms with E-state index < -0.39 is 5.92 Å². The number of para-hydroxylation sites is 4. The molecule has 1 aliphatic rings. The first-order chi connectivity index (χ1) is 67.8. The highest BCUT2D eigenvalue weighted by molar-refractivity contribution is 6.04. The van der Waals surface area contributed by atoms with E-state index >= 15 is 0 Å². The normalized spacial score (nSPS) is 12.5. The molecule has 1 amide bonds. The van der Waals surface area contributed by atoms with Crippen LogP contribution in [0.1, 0.15) is 25.8 Å². The molecule has 13 aromatic heterocycles. The van der Waals surface area contributed by atoms with Crippen LogP contribution in [0.2, 0.25) is 0 Å². The number of aromatic nitrogens is 21. The molecule has 11 aromatic carbocycles. The summed E-state index contributed by atoms with van der Waals surface area (Å²) in [6.45, 7) is 4.28. The molecule has 0 saturated carbocycles. The van der Waals surface area contributed by atoms with Crippen LogP contribution in [-0.2, 0) is 11.3 Å². The maximum Gasteiger partial charge on any atom is 0.261 e. The van der Waals surface area contributed by atoms with E-state index in [0.717, 1.165) is 160 Å². The maximum absolute atomic E-state index is 14.6. The van der Waals surface area contributed by atoms with Crippen LogP contribution in [0.4, 0.5) is 39.0 Å². The minimum atomic E-state index is -2.62. The van der Waals surface area contributed by atoms with Gasteiger partial charge in [-0.3, -0.25) is 55.0 Å². The lowest BCUT2D eigenvalue weighted by Gasteiger charge is -2.15. The van der Waals surface area contributed by atoms with Crippen molar-refractivity contribution in [3.05, 3.63) is 340 Å². The fraction of sp³-hybridized carbons (Fsp3) is 0.0741. The van der Waals surface area contributed by atoms with Crippen molar-refractivity contribution in [1.29, 1.82) is 0 Å². The number of halogens is 5. The summed E-state index contributed by atoms with van der Waals surface area (Å²) in [6.07, 6.45) is 17.2. The van der Waals surface area contributed by atoms with Crippen molar-refractivity contribution in [1.82, 2.24) is 110 Å². The van der Waals surface area contributed by atoms with Gasteiger partial charge in [0.1, 0.15) is 40.2 Å². The van der Waals surface area contributed by atoms with Crippen LogP contribution < -0.4 is 16.8 Å². The summed E-state index contributed by atoms with van der Waals surface area (Å²) in [5, 5.41) is 37.0. The Bertz CT molecular complexity index is 8810. The molecule has 13 N–H and O–H groups in total. The molecule has 0 bridgehead atoms. The molecule has 31 heteroatoms. The van der Waals surface area contributed by atoms with E-state index in [4.69, 9.17) is 31.4 Å². The highest BCUT2D eigenvalue weighted by Gasteiger charge is 2.38. The van der Waals surface area contributed by atoms with Gasteiger partial charge in [0.25, 0.3) is 5.92 Å². The van der Waals surface area contributed by atoms with Crippen LogP contribution >= 0.6 is 0 Å². The van der Waals surface area contributed by atoms with E-state index in [-0.39, 0.29) is 42.2 Å². The smallest absolute Gasteiger partial charge is 0.261 e. The number of aromatic amines is 8. The number of nitrogen functional groups attached to an aromatic ring is 2. The average Bonchev–Trinajstić information content (AvgIpc) is 1.62. The first-order valence-corrected chi connectivity index (χ1v) is 44.6. The van der Waals surface area contributed by atoms with Crippen molar-refractivity contribution in [3.63, 3.8) is 0 Å². The molecule has 1 fully saturated rings. The molecule has 0 aliphatic carbocycles. The molecular formula is C108H80F5N25O. The molecule has 139 heavy (non-hydrogen) atoms. The summed E-state index contributed by atoms with van der Waals surface area (Å²) in [5.74, 6) is -1.20. The highest BCUT2D eigenvalue weighted by atomic mass is 19.3. The largest absolute Gasteiger partial charge is 0.397 e. The van der Waals surface area contributed by atoms with E-state index in [2.05, 4.69) is 103 Å². The molecule has 0 radical (unpaired) electrons. The van der Waals surface area contributed by atoms with E-state index in [1.807, 2.05) is 208 Å². The number of rotatable bonds is 16. The number of hydrogen-bond donors (Lipinski definition) is 11. The first-order valence-electron chi connectivity index (χ1n) is 44.6. The lowest BCUT2D eigenvalue weighted by Crippen LogP contribution is -2.24. The van der Waals surface area contributed by atoms with Gasteiger partial charge in [-0.05, 0) is 161 Å². The van der Waals surface area contributed by atoms with Gasteiger partial charge >= 0.3 is 0 Å². The Morgan fingerprint density at radius 2 is 0.748 bits per heavy atom. The fourth-order valence-electron chi connectivity index (χ4n) is 17.6. The summed E-state index contributed by atoms with van der Waals surface area (Å²) < 4.78 is 70.2. The number of benzene rings is 11. The molecule has 24 aromatic rings. The Hall–Kier alpha value is -18.4. The van der Waals surface area contributed by atoms with Crippen LogP contribution in [0.15, 0.2) is 317 Å². The SMILES string of the molecule is CC(C)C(=O)Nc1cncc(-c2ccc3[nH]nc(-c4nc5c(-c6ccccc6F)cccc5[nH]4)c3c2)c1.Fc1cccc(-c2cccc3[nH]c(-c4n[nH]c5ccc(-c6cncc(CN7CCC(F)(F)C7)c6)cc45)nc23)c1.Nc1cncc(-c2ccc3[nH]nc(-c4nc5c(-c6ccccc6F)cccc5[nH]4)c3c2)c1.Nc1cncc(-c2ccc3[nH]nc(-c4nc5c(-c6cccnc6)cccc5[nH]4)c3c2)c1. The number of nitrogens with zero attached hydrogens (tertiary/aromatic N) is 14. The molecule has 1 aliphatic heterocycles. The van der Waals surface area contributed by atoms with Gasteiger partial charge in [0, 0.05) is 164 Å². The Morgan fingerprint density at radius 1 is 0.367 bits per heavy atom. The maximum atomic E-state index is 14.6. The number of alkyl halides is 2. The Balaban J connectivity index is 0.000000107. The average molecular weight is 1840 g/mol. The van der Waals surface area contributed by atoms with Crippen molar-refractivity contribution in [2.45, 2.75) is 32.7 Å². The number of nitrogens with one attached hydrogen (secondary N) is 9. The van der Waals surface area contributed by atoms with E-state index in [1.165, 1.54) is 24.3 Å². The number of carbonyl (C=O) groups excluding carboxylic acids is 1. The van der Waals surface area contributed by atoms with Crippen LogP contribution in [0.3, 0.4) is 0 Å². The molecule has 14 heterocycles. The summed E-state index contributed by atoms with van der Waals surface area (Å²) in [6, 6.07) is 78.7. The Kier molecular flexibility index (Phi) is 22.4. The van der Waals surface area contributed by atoms with Crippen molar-refractivity contribution in [2.24, 2.45) is 5.92 Å². The number of pyridine rings is 5. The summed E-state index contributed by atoms with van der Waals surface area (Å²) in [7, 11) is 0. The third kappa shape index (κ3) is 17.4. The number of carbonyl (C=O) groups is 1. The lowest BCUT2D eigenvalue weighted by molar-refractivity contribution is -0.118. The molecule has 0 spiro atoms. The number of likely N-dealkylation sites (tertiary alicyclic amines) is 1. The zero-order chi connectivity index (χ0) is 94.5. The zero-order valence-corrected chi connectivity index (χ0v) is 74.1. The number of fused-ring (bicyclic) bond motifs is 8. The lowest BCUT2D eigenvalue weighted by atomic mass is 10.0. The molecule has 1 saturated heterocycles. The van der Waals surface area contributed by atoms with Gasteiger partial charge in [0.15, 0.2) is 23.3 Å². The minimum absolute atomic E-state index is 0.0637. The minimum Gasteiger partial charge on any atom is -0.397 e. The number of nitrogens with two attached hydrogens (primary N) is 2. The van der Waals surface area contributed by atoms with Crippen LogP contribution in [0.5, 0.6) is 0 Å². The zero-order valence-electron chi connectivity index (χ0n) is 74.1. The molecule has 26 nitrogen and oxygen atoms in total. The predicted molar refractivity (Wildman–Crippen MR) is 534 cm³/mol. The van der Waals surface area contributed by atoms with Gasteiger partial charge in [0.05, 0.1) is 96.0 Å². The standard InChI is InChI=1S/C30H23F3N6.C29H23FN6O.C25H17FN6.C24H17N7/c31-22-4-1-3-20(12-22)23-5-2-6-26-27(23)36-29(35-26)28-24-13-19(7-8-25(24)37-38-28)21-11-18(14-34-15-21)16-39-10-9-30(32,33)17-39;1-16(2)29(37)32-19-12-18(14-31-15-19)17-10-11-24-22(13-17)27(36-35-24)28-33-25-9-5-7-21(26(25)34-28)20-6-3-4-8-23(20)30;26-20-6-2-1-4-17(20)18-5-3-7-22-23(18)30-25(29-22)24-19-11-14(8-9-21(19)31-32-24)15-10-16(27)13-28-12-15;25-17-9-16(12-27-13-17)14-6-7-20-19(10-14)23(31-30-20)24-28-21-5-1-4-18(22(21)29-24)15-3-2-8-26-11-15/h1-8,11-15H,9-10,16-17H2,(H,35,36)(H,37,38);3-16H,1-2H3,(H,32,37)(H,33,34)(H,35,36);1-13H,27H2,(H,29,30)(H,31,32);1-13H,25H2,(H,28,29)(H,30,31). The number of hydrogen-bond acceptors (Lipinski definition) is 17. The number of imidazole rings is 4. The van der Waals surface area contributed by atoms with Crippen molar-refractivity contribution < 1.29 is 26.7 Å².